The van der Waals surface area contributed by atoms with Crippen LogP contribution < -0.4 is 5.32 Å². The molecule has 0 aromatic heterocycles. The van der Waals surface area contributed by atoms with Gasteiger partial charge in [0.05, 0.1) is 0 Å². The molecule has 13 heavy (non-hydrogen) atoms. The molecule has 0 atom stereocenters. The average Bonchev–Trinajstić information content (AvgIpc) is 2.12. The minimum absolute atomic E-state index is 0.107. The fraction of sp³-hybridized carbons (Fsp3) is 0.667. The van der Waals surface area contributed by atoms with Gasteiger partial charge in [0.15, 0.2) is 11.4 Å². The monoisotopic (exact) mass is 209 g/mol. The smallest absolute Gasteiger partial charge is 0.289 e. The Bertz CT molecular complexity index is 226. The number of amidine groups is 1. The quantitative estimate of drug-likeness (QED) is 0.305. The molecule has 0 aliphatic heterocycles. The van der Waals surface area contributed by atoms with E-state index in [0.29, 0.717) is 0 Å². The maximum Gasteiger partial charge on any atom is 0.289 e. The van der Waals surface area contributed by atoms with Crippen LogP contribution >= 0.6 is 11.8 Å². The molecular weight excluding hydrogens is 200 g/mol. The van der Waals surface area contributed by atoms with Gasteiger partial charge in [-0.05, 0) is 6.26 Å². The van der Waals surface area contributed by atoms with Gasteiger partial charge in [-0.3, -0.25) is 10.3 Å². The summed E-state index contributed by atoms with van der Waals surface area (Å²) in [5.41, 5.74) is 0. The van der Waals surface area contributed by atoms with Crippen molar-refractivity contribution < 1.29 is 13.9 Å². The number of aliphatic hydroxyl groups excluding tert-OH is 1. The zero-order valence-corrected chi connectivity index (χ0v) is 7.74. The normalized spacial score (nSPS) is 12.4. The number of halogens is 2. The predicted octanol–water partition coefficient (Wildman–Crippen LogP) is 0.404. The van der Waals surface area contributed by atoms with Crippen molar-refractivity contribution in [2.24, 2.45) is 4.99 Å². The molecule has 0 aromatic carbocycles. The molecule has 0 heterocycles. The van der Waals surface area contributed by atoms with Gasteiger partial charge >= 0.3 is 0 Å². The highest BCUT2D eigenvalue weighted by molar-refractivity contribution is 8.13. The Morgan fingerprint density at radius 1 is 1.77 bits per heavy atom. The van der Waals surface area contributed by atoms with Crippen molar-refractivity contribution in [1.82, 2.24) is 5.32 Å². The van der Waals surface area contributed by atoms with Crippen LogP contribution in [0.5, 0.6) is 0 Å². The summed E-state index contributed by atoms with van der Waals surface area (Å²) in [7, 11) is 0. The highest BCUT2D eigenvalue weighted by atomic mass is 32.2. The van der Waals surface area contributed by atoms with Crippen LogP contribution in [0, 0.1) is 11.5 Å². The van der Waals surface area contributed by atoms with Crippen molar-refractivity contribution in [1.29, 1.82) is 5.26 Å². The first-order chi connectivity index (χ1) is 6.05. The lowest BCUT2D eigenvalue weighted by molar-refractivity contribution is -0.0403. The zero-order chi connectivity index (χ0) is 10.3. The van der Waals surface area contributed by atoms with Gasteiger partial charge in [-0.2, -0.15) is 5.26 Å². The second-order valence-corrected chi connectivity index (χ2v) is 2.87. The first-order valence-corrected chi connectivity index (χ1v) is 4.50. The van der Waals surface area contributed by atoms with E-state index >= 15 is 0 Å². The Hall–Kier alpha value is -0.870. The minimum Gasteiger partial charge on any atom is -0.390 e. The molecule has 2 N–H and O–H groups in total. The topological polar surface area (TPSA) is 68.4 Å². The van der Waals surface area contributed by atoms with E-state index in [1.165, 1.54) is 0 Å². The lowest BCUT2D eigenvalue weighted by atomic mass is 10.4. The number of alkyl halides is 2. The third kappa shape index (κ3) is 5.38. The van der Waals surface area contributed by atoms with Crippen molar-refractivity contribution in [3.8, 4) is 6.19 Å². The summed E-state index contributed by atoms with van der Waals surface area (Å²) in [4.78, 5) is 3.41. The van der Waals surface area contributed by atoms with Crippen LogP contribution in [-0.2, 0) is 0 Å². The summed E-state index contributed by atoms with van der Waals surface area (Å²) >= 11 is 1.05. The molecule has 0 aliphatic rings. The first-order valence-electron chi connectivity index (χ1n) is 3.28. The van der Waals surface area contributed by atoms with Crippen molar-refractivity contribution in [2.75, 3.05) is 19.4 Å². The van der Waals surface area contributed by atoms with E-state index in [9.17, 15) is 8.78 Å². The van der Waals surface area contributed by atoms with Crippen LogP contribution in [0.2, 0.25) is 0 Å². The molecule has 74 valence electrons. The van der Waals surface area contributed by atoms with Gasteiger partial charge in [0.1, 0.15) is 13.2 Å². The van der Waals surface area contributed by atoms with E-state index in [1.54, 1.807) is 12.4 Å². The fourth-order valence-electron chi connectivity index (χ4n) is 0.440. The van der Waals surface area contributed by atoms with Gasteiger partial charge < -0.3 is 5.11 Å². The third-order valence-corrected chi connectivity index (χ3v) is 1.66. The number of aliphatic imine (C=N–C) groups is 1. The van der Waals surface area contributed by atoms with Crippen LogP contribution in [0.1, 0.15) is 0 Å². The van der Waals surface area contributed by atoms with Crippen LogP contribution in [0.4, 0.5) is 8.78 Å². The number of nitriles is 1. The van der Waals surface area contributed by atoms with Crippen LogP contribution in [-0.4, -0.2) is 35.6 Å². The van der Waals surface area contributed by atoms with Gasteiger partial charge in [-0.1, -0.05) is 11.8 Å². The molecule has 0 amide bonds. The van der Waals surface area contributed by atoms with Crippen molar-refractivity contribution in [2.45, 2.75) is 5.92 Å². The van der Waals surface area contributed by atoms with Crippen molar-refractivity contribution in [3.05, 3.63) is 0 Å². The molecule has 0 fully saturated rings. The molecule has 0 saturated carbocycles. The molecular formula is C6H9F2N3OS. The number of rotatable bonds is 3. The summed E-state index contributed by atoms with van der Waals surface area (Å²) in [6.45, 7) is -2.07. The number of nitrogens with zero attached hydrogens (tertiary/aromatic N) is 2. The van der Waals surface area contributed by atoms with E-state index < -0.39 is 19.1 Å². The Labute approximate surface area is 78.7 Å². The van der Waals surface area contributed by atoms with E-state index in [0.717, 1.165) is 11.8 Å². The Morgan fingerprint density at radius 3 is 2.77 bits per heavy atom. The summed E-state index contributed by atoms with van der Waals surface area (Å²) in [5, 5.41) is 18.6. The second-order valence-electron chi connectivity index (χ2n) is 2.08. The first kappa shape index (κ1) is 12.1. The van der Waals surface area contributed by atoms with Gasteiger partial charge in [0.25, 0.3) is 5.92 Å². The molecule has 0 aliphatic carbocycles. The van der Waals surface area contributed by atoms with E-state index in [-0.39, 0.29) is 5.17 Å². The second kappa shape index (κ2) is 5.72. The zero-order valence-electron chi connectivity index (χ0n) is 6.92. The average molecular weight is 209 g/mol. The molecule has 0 spiro atoms. The number of hydrogen-bond acceptors (Lipinski definition) is 4. The van der Waals surface area contributed by atoms with E-state index in [2.05, 4.69) is 10.3 Å². The number of thioether (sulfide) groups is 1. The fourth-order valence-corrected chi connectivity index (χ4v) is 0.782. The SMILES string of the molecule is CSC(=NCC(F)(F)CO)NC#N. The van der Waals surface area contributed by atoms with Crippen molar-refractivity contribution >= 4 is 16.9 Å². The summed E-state index contributed by atoms with van der Waals surface area (Å²) in [6.07, 6.45) is 3.16. The molecule has 7 heteroatoms. The Kier molecular flexibility index (Phi) is 5.34. The highest BCUT2D eigenvalue weighted by Gasteiger charge is 2.27. The van der Waals surface area contributed by atoms with Gasteiger partial charge in [0.2, 0.25) is 0 Å². The van der Waals surface area contributed by atoms with E-state index in [1.807, 2.05) is 0 Å². The Balaban J connectivity index is 4.15. The largest absolute Gasteiger partial charge is 0.390 e. The Morgan fingerprint density at radius 2 is 2.38 bits per heavy atom. The molecule has 0 bridgehead atoms. The predicted molar refractivity (Wildman–Crippen MR) is 46.6 cm³/mol. The lowest BCUT2D eigenvalue weighted by Crippen LogP contribution is -2.27. The third-order valence-electron chi connectivity index (χ3n) is 1.04. The summed E-state index contributed by atoms with van der Waals surface area (Å²) < 4.78 is 24.8. The maximum absolute atomic E-state index is 12.4. The van der Waals surface area contributed by atoms with Crippen LogP contribution in [0.15, 0.2) is 4.99 Å². The standard InChI is InChI=1S/C6H9F2N3OS/c1-13-5(11-4-9)10-2-6(7,8)3-12/h12H,2-3H2,1H3,(H,10,11). The highest BCUT2D eigenvalue weighted by Crippen LogP contribution is 2.12. The molecule has 0 saturated heterocycles. The molecule has 0 rings (SSSR count). The summed E-state index contributed by atoms with van der Waals surface area (Å²) in [6, 6.07) is 0. The van der Waals surface area contributed by atoms with E-state index in [4.69, 9.17) is 10.4 Å². The van der Waals surface area contributed by atoms with Gasteiger partial charge in [0, 0.05) is 0 Å². The summed E-state index contributed by atoms with van der Waals surface area (Å²) in [5.74, 6) is -3.22. The maximum atomic E-state index is 12.4. The number of nitrogens with one attached hydrogen (secondary N) is 1. The molecule has 4 nitrogen and oxygen atoms in total. The lowest BCUT2D eigenvalue weighted by Gasteiger charge is -2.09. The molecule has 0 radical (unpaired) electrons. The van der Waals surface area contributed by atoms with Crippen molar-refractivity contribution in [3.63, 3.8) is 0 Å². The number of hydrogen-bond donors (Lipinski definition) is 2. The number of aliphatic hydroxyl groups is 1. The van der Waals surface area contributed by atoms with Crippen LogP contribution in [0.3, 0.4) is 0 Å². The van der Waals surface area contributed by atoms with Gasteiger partial charge in [-0.25, -0.2) is 8.78 Å². The van der Waals surface area contributed by atoms with Gasteiger partial charge in [-0.15, -0.1) is 0 Å². The minimum atomic E-state index is -3.22. The van der Waals surface area contributed by atoms with Crippen LogP contribution in [0.25, 0.3) is 0 Å². The molecule has 0 unspecified atom stereocenters. The molecule has 0 aromatic rings.